The van der Waals surface area contributed by atoms with E-state index in [-0.39, 0.29) is 5.91 Å². The summed E-state index contributed by atoms with van der Waals surface area (Å²) < 4.78 is 0. The molecule has 20 heavy (non-hydrogen) atoms. The Morgan fingerprint density at radius 1 is 1.30 bits per heavy atom. The average Bonchev–Trinajstić information content (AvgIpc) is 2.78. The van der Waals surface area contributed by atoms with Crippen LogP contribution in [0.15, 0.2) is 29.8 Å². The van der Waals surface area contributed by atoms with Gasteiger partial charge in [-0.25, -0.2) is 4.98 Å². The lowest BCUT2D eigenvalue weighted by atomic mass is 10.1. The van der Waals surface area contributed by atoms with Crippen molar-refractivity contribution in [1.29, 1.82) is 0 Å². The summed E-state index contributed by atoms with van der Waals surface area (Å²) in [6.45, 7) is 4.35. The van der Waals surface area contributed by atoms with Gasteiger partial charge in [0.25, 0.3) is 5.91 Å². The second kappa shape index (κ2) is 5.34. The molecule has 1 aliphatic heterocycles. The number of hydrogen-bond donors (Lipinski definition) is 0. The Hall–Kier alpha value is -1.72. The Morgan fingerprint density at radius 3 is 2.85 bits per heavy atom. The topological polar surface area (TPSA) is 36.4 Å². The molecule has 5 heteroatoms. The van der Waals surface area contributed by atoms with Crippen molar-refractivity contribution >= 4 is 22.9 Å². The third kappa shape index (κ3) is 2.34. The molecule has 0 atom stereocenters. The molecular formula is C15H17N3OS. The van der Waals surface area contributed by atoms with Gasteiger partial charge in [0, 0.05) is 25.3 Å². The van der Waals surface area contributed by atoms with Gasteiger partial charge in [0.05, 0.1) is 11.2 Å². The number of hydrogen-bond acceptors (Lipinski definition) is 4. The van der Waals surface area contributed by atoms with Gasteiger partial charge in [0.1, 0.15) is 4.88 Å². The van der Waals surface area contributed by atoms with Crippen molar-refractivity contribution in [2.75, 3.05) is 25.0 Å². The molecule has 0 spiro atoms. The first kappa shape index (κ1) is 13.3. The van der Waals surface area contributed by atoms with Crippen LogP contribution in [0.3, 0.4) is 0 Å². The Morgan fingerprint density at radius 2 is 2.10 bits per heavy atom. The smallest absolute Gasteiger partial charge is 0.270 e. The summed E-state index contributed by atoms with van der Waals surface area (Å²) in [5.74, 6) is 0.0627. The molecule has 2 aromatic rings. The Kier molecular flexibility index (Phi) is 3.54. The number of nitrogens with zero attached hydrogens (tertiary/aromatic N) is 3. The van der Waals surface area contributed by atoms with Gasteiger partial charge in [-0.1, -0.05) is 18.2 Å². The molecule has 4 nitrogen and oxygen atoms in total. The van der Waals surface area contributed by atoms with E-state index in [1.807, 2.05) is 30.0 Å². The zero-order valence-electron chi connectivity index (χ0n) is 11.7. The summed E-state index contributed by atoms with van der Waals surface area (Å²) in [6, 6.07) is 8.14. The van der Waals surface area contributed by atoms with Gasteiger partial charge in [-0.2, -0.15) is 0 Å². The maximum absolute atomic E-state index is 12.8. The predicted molar refractivity (Wildman–Crippen MR) is 81.3 cm³/mol. The number of rotatable bonds is 1. The van der Waals surface area contributed by atoms with Gasteiger partial charge in [-0.05, 0) is 25.6 Å². The zero-order chi connectivity index (χ0) is 14.1. The van der Waals surface area contributed by atoms with Gasteiger partial charge in [-0.3, -0.25) is 4.79 Å². The zero-order valence-corrected chi connectivity index (χ0v) is 12.5. The number of para-hydroxylation sites is 1. The van der Waals surface area contributed by atoms with Gasteiger partial charge in [-0.15, -0.1) is 11.3 Å². The summed E-state index contributed by atoms with van der Waals surface area (Å²) in [5.41, 5.74) is 4.77. The Bertz CT molecular complexity index is 638. The third-order valence-electron chi connectivity index (χ3n) is 3.61. The van der Waals surface area contributed by atoms with E-state index in [1.165, 1.54) is 16.9 Å². The fourth-order valence-electron chi connectivity index (χ4n) is 2.51. The first-order valence-electron chi connectivity index (χ1n) is 6.65. The Labute approximate surface area is 122 Å². The molecule has 3 rings (SSSR count). The number of aryl methyl sites for hydroxylation is 1. The monoisotopic (exact) mass is 287 g/mol. The largest absolute Gasteiger partial charge is 0.306 e. The minimum atomic E-state index is 0.0627. The molecule has 2 heterocycles. The molecule has 0 saturated carbocycles. The van der Waals surface area contributed by atoms with Crippen LogP contribution in [-0.2, 0) is 6.54 Å². The van der Waals surface area contributed by atoms with E-state index in [2.05, 4.69) is 23.0 Å². The van der Waals surface area contributed by atoms with Crippen LogP contribution in [0.2, 0.25) is 0 Å². The lowest BCUT2D eigenvalue weighted by molar-refractivity contribution is 0.0989. The van der Waals surface area contributed by atoms with Gasteiger partial charge in [0.2, 0.25) is 0 Å². The lowest BCUT2D eigenvalue weighted by Crippen LogP contribution is -2.35. The quantitative estimate of drug-likeness (QED) is 0.809. The van der Waals surface area contributed by atoms with Gasteiger partial charge < -0.3 is 9.80 Å². The van der Waals surface area contributed by atoms with Crippen LogP contribution in [0, 0.1) is 6.92 Å². The van der Waals surface area contributed by atoms with Crippen LogP contribution in [0.4, 0.5) is 5.69 Å². The van der Waals surface area contributed by atoms with Crippen molar-refractivity contribution in [2.45, 2.75) is 13.5 Å². The van der Waals surface area contributed by atoms with Crippen molar-refractivity contribution < 1.29 is 4.79 Å². The van der Waals surface area contributed by atoms with Crippen molar-refractivity contribution in [1.82, 2.24) is 9.88 Å². The molecule has 0 N–H and O–H groups in total. The van der Waals surface area contributed by atoms with Crippen LogP contribution < -0.4 is 4.90 Å². The summed E-state index contributed by atoms with van der Waals surface area (Å²) in [5, 5.41) is 0. The highest BCUT2D eigenvalue weighted by molar-refractivity contribution is 7.12. The van der Waals surface area contributed by atoms with E-state index < -0.39 is 0 Å². The van der Waals surface area contributed by atoms with Crippen LogP contribution in [0.1, 0.15) is 20.9 Å². The first-order chi connectivity index (χ1) is 9.66. The number of likely N-dealkylation sites (N-methyl/N-ethyl adjacent to an activating group) is 1. The molecule has 1 aromatic heterocycles. The first-order valence-corrected chi connectivity index (χ1v) is 7.53. The van der Waals surface area contributed by atoms with Crippen LogP contribution in [0.25, 0.3) is 0 Å². The standard InChI is InChI=1S/C15H17N3OS/c1-11-14(20-10-16-11)15(19)18-8-7-17(2)9-12-5-3-4-6-13(12)18/h3-6,10H,7-9H2,1-2H3. The fourth-order valence-corrected chi connectivity index (χ4v) is 3.26. The van der Waals surface area contributed by atoms with Crippen LogP contribution >= 0.6 is 11.3 Å². The number of amides is 1. The predicted octanol–water partition coefficient (Wildman–Crippen LogP) is 2.54. The second-order valence-corrected chi connectivity index (χ2v) is 5.94. The molecule has 0 radical (unpaired) electrons. The van der Waals surface area contributed by atoms with Crippen molar-refractivity contribution in [2.24, 2.45) is 0 Å². The molecular weight excluding hydrogens is 270 g/mol. The number of fused-ring (bicyclic) bond motifs is 1. The molecule has 0 fully saturated rings. The minimum absolute atomic E-state index is 0.0627. The van der Waals surface area contributed by atoms with Crippen molar-refractivity contribution in [3.05, 3.63) is 45.9 Å². The summed E-state index contributed by atoms with van der Waals surface area (Å²) >= 11 is 1.42. The van der Waals surface area contributed by atoms with Crippen LogP contribution in [0.5, 0.6) is 0 Å². The number of carbonyl (C=O) groups is 1. The van der Waals surface area contributed by atoms with E-state index >= 15 is 0 Å². The molecule has 0 saturated heterocycles. The number of thiazole rings is 1. The van der Waals surface area contributed by atoms with E-state index in [1.54, 1.807) is 5.51 Å². The molecule has 1 amide bonds. The normalized spacial score (nSPS) is 15.8. The van der Waals surface area contributed by atoms with Crippen LogP contribution in [-0.4, -0.2) is 35.9 Å². The van der Waals surface area contributed by atoms with E-state index in [0.717, 1.165) is 29.3 Å². The van der Waals surface area contributed by atoms with Crippen molar-refractivity contribution in [3.63, 3.8) is 0 Å². The highest BCUT2D eigenvalue weighted by atomic mass is 32.1. The summed E-state index contributed by atoms with van der Waals surface area (Å²) in [4.78, 5) is 21.8. The molecule has 0 bridgehead atoms. The highest BCUT2D eigenvalue weighted by Crippen LogP contribution is 2.27. The maximum atomic E-state index is 12.8. The lowest BCUT2D eigenvalue weighted by Gasteiger charge is -2.22. The van der Waals surface area contributed by atoms with Gasteiger partial charge in [0.15, 0.2) is 0 Å². The van der Waals surface area contributed by atoms with Crippen molar-refractivity contribution in [3.8, 4) is 0 Å². The van der Waals surface area contributed by atoms with Gasteiger partial charge >= 0.3 is 0 Å². The number of anilines is 1. The second-order valence-electron chi connectivity index (χ2n) is 5.09. The SMILES string of the molecule is Cc1ncsc1C(=O)N1CCN(C)Cc2ccccc21. The number of aromatic nitrogens is 1. The molecule has 0 unspecified atom stereocenters. The molecule has 104 valence electrons. The minimum Gasteiger partial charge on any atom is -0.306 e. The number of benzene rings is 1. The number of carbonyl (C=O) groups excluding carboxylic acids is 1. The molecule has 0 aliphatic carbocycles. The van der Waals surface area contributed by atoms with E-state index in [4.69, 9.17) is 0 Å². The summed E-state index contributed by atoms with van der Waals surface area (Å²) in [7, 11) is 2.09. The third-order valence-corrected chi connectivity index (χ3v) is 4.53. The fraction of sp³-hybridized carbons (Fsp3) is 0.333. The average molecular weight is 287 g/mol. The van der Waals surface area contributed by atoms with E-state index in [9.17, 15) is 4.79 Å². The maximum Gasteiger partial charge on any atom is 0.270 e. The highest BCUT2D eigenvalue weighted by Gasteiger charge is 2.25. The Balaban J connectivity index is 2.01. The van der Waals surface area contributed by atoms with E-state index in [0.29, 0.717) is 6.54 Å². The molecule has 1 aromatic carbocycles. The molecule has 1 aliphatic rings. The summed E-state index contributed by atoms with van der Waals surface area (Å²) in [6.07, 6.45) is 0.